The minimum atomic E-state index is -0.200. The second-order valence-corrected chi connectivity index (χ2v) is 4.63. The number of nitrogens with one attached hydrogen (secondary N) is 1. The lowest BCUT2D eigenvalue weighted by Gasteiger charge is -2.07. The Bertz CT molecular complexity index is 632. The fourth-order valence-electron chi connectivity index (χ4n) is 1.94. The first-order chi connectivity index (χ1) is 9.69. The van der Waals surface area contributed by atoms with Crippen molar-refractivity contribution in [1.82, 2.24) is 4.98 Å². The van der Waals surface area contributed by atoms with Crippen molar-refractivity contribution in [2.24, 2.45) is 0 Å². The Morgan fingerprint density at radius 2 is 2.15 bits per heavy atom. The second kappa shape index (κ2) is 6.67. The lowest BCUT2D eigenvalue weighted by atomic mass is 10.1. The molecule has 1 heterocycles. The Hall–Kier alpha value is -2.41. The molecule has 2 aromatic rings. The lowest BCUT2D eigenvalue weighted by Crippen LogP contribution is -2.05. The summed E-state index contributed by atoms with van der Waals surface area (Å²) in [5, 5.41) is 12.1. The third-order valence-corrected chi connectivity index (χ3v) is 3.04. The largest absolute Gasteiger partial charge is 0.370 e. The lowest BCUT2D eigenvalue weighted by molar-refractivity contribution is 0.624. The highest BCUT2D eigenvalue weighted by Crippen LogP contribution is 2.10. The van der Waals surface area contributed by atoms with Crippen LogP contribution in [-0.4, -0.2) is 11.5 Å². The summed E-state index contributed by atoms with van der Waals surface area (Å²) in [7, 11) is 0. The normalized spacial score (nSPS) is 10.1. The summed E-state index contributed by atoms with van der Waals surface area (Å²) in [6, 6.07) is 12.4. The number of nitrogens with zero attached hydrogens (tertiary/aromatic N) is 2. The van der Waals surface area contributed by atoms with E-state index in [1.54, 1.807) is 12.1 Å². The van der Waals surface area contributed by atoms with Crippen molar-refractivity contribution < 1.29 is 4.39 Å². The monoisotopic (exact) mass is 269 g/mol. The summed E-state index contributed by atoms with van der Waals surface area (Å²) in [6.45, 7) is 2.59. The molecule has 0 spiro atoms. The fourth-order valence-corrected chi connectivity index (χ4v) is 1.94. The quantitative estimate of drug-likeness (QED) is 0.846. The maximum Gasteiger partial charge on any atom is 0.145 e. The molecule has 0 atom stereocenters. The van der Waals surface area contributed by atoms with E-state index < -0.39 is 0 Å². The molecule has 102 valence electrons. The molecule has 4 heteroatoms. The van der Waals surface area contributed by atoms with Gasteiger partial charge in [0, 0.05) is 6.54 Å². The highest BCUT2D eigenvalue weighted by atomic mass is 19.1. The Morgan fingerprint density at radius 1 is 1.30 bits per heavy atom. The number of aryl methyl sites for hydroxylation is 2. The molecule has 0 saturated heterocycles. The number of halogens is 1. The summed E-state index contributed by atoms with van der Waals surface area (Å²) >= 11 is 0. The third-order valence-electron chi connectivity index (χ3n) is 3.04. The minimum Gasteiger partial charge on any atom is -0.370 e. The Morgan fingerprint density at radius 3 is 2.90 bits per heavy atom. The molecule has 0 fully saturated rings. The van der Waals surface area contributed by atoms with Crippen LogP contribution >= 0.6 is 0 Å². The molecule has 0 unspecified atom stereocenters. The van der Waals surface area contributed by atoms with Crippen molar-refractivity contribution in [3.05, 3.63) is 59.0 Å². The maximum atomic E-state index is 13.0. The zero-order chi connectivity index (χ0) is 14.4. The summed E-state index contributed by atoms with van der Waals surface area (Å²) in [5.74, 6) is 0.501. The van der Waals surface area contributed by atoms with E-state index in [4.69, 9.17) is 5.26 Å². The predicted octanol–water partition coefficient (Wildman–Crippen LogP) is 3.45. The van der Waals surface area contributed by atoms with Crippen LogP contribution in [0.25, 0.3) is 0 Å². The van der Waals surface area contributed by atoms with Crippen molar-refractivity contribution in [3.63, 3.8) is 0 Å². The summed E-state index contributed by atoms with van der Waals surface area (Å²) in [6.07, 6.45) is 1.68. The van der Waals surface area contributed by atoms with Crippen LogP contribution in [0.3, 0.4) is 0 Å². The number of pyridine rings is 1. The van der Waals surface area contributed by atoms with E-state index in [1.807, 2.05) is 25.1 Å². The molecule has 1 aromatic heterocycles. The average Bonchev–Trinajstić information content (AvgIpc) is 2.45. The third kappa shape index (κ3) is 3.79. The van der Waals surface area contributed by atoms with Crippen molar-refractivity contribution in [3.8, 4) is 6.07 Å². The summed E-state index contributed by atoms with van der Waals surface area (Å²) in [5.41, 5.74) is 2.30. The van der Waals surface area contributed by atoms with Gasteiger partial charge in [-0.25, -0.2) is 9.37 Å². The topological polar surface area (TPSA) is 48.7 Å². The van der Waals surface area contributed by atoms with Crippen molar-refractivity contribution in [2.75, 3.05) is 11.9 Å². The fraction of sp³-hybridized carbons (Fsp3) is 0.250. The predicted molar refractivity (Wildman–Crippen MR) is 76.9 cm³/mol. The van der Waals surface area contributed by atoms with Crippen LogP contribution < -0.4 is 5.32 Å². The molecule has 0 aliphatic rings. The molecular weight excluding hydrogens is 253 g/mol. The zero-order valence-electron chi connectivity index (χ0n) is 11.4. The van der Waals surface area contributed by atoms with Gasteiger partial charge in [0.2, 0.25) is 0 Å². The number of nitriles is 1. The number of benzene rings is 1. The second-order valence-electron chi connectivity index (χ2n) is 4.63. The molecule has 0 bridgehead atoms. The van der Waals surface area contributed by atoms with Crippen LogP contribution in [0.15, 0.2) is 36.4 Å². The van der Waals surface area contributed by atoms with E-state index in [9.17, 15) is 4.39 Å². The van der Waals surface area contributed by atoms with Crippen LogP contribution in [-0.2, 0) is 6.42 Å². The summed E-state index contributed by atoms with van der Waals surface area (Å²) in [4.78, 5) is 4.22. The van der Waals surface area contributed by atoms with Crippen LogP contribution in [0.5, 0.6) is 0 Å². The zero-order valence-corrected chi connectivity index (χ0v) is 11.4. The van der Waals surface area contributed by atoms with Gasteiger partial charge in [0.1, 0.15) is 23.4 Å². The van der Waals surface area contributed by atoms with Gasteiger partial charge in [0.05, 0.1) is 0 Å². The van der Waals surface area contributed by atoms with E-state index in [1.165, 1.54) is 6.07 Å². The van der Waals surface area contributed by atoms with Gasteiger partial charge in [0.15, 0.2) is 0 Å². The molecule has 1 N–H and O–H groups in total. The molecule has 0 aliphatic heterocycles. The Kier molecular flexibility index (Phi) is 4.67. The molecule has 2 rings (SSSR count). The van der Waals surface area contributed by atoms with Gasteiger partial charge in [-0.3, -0.25) is 0 Å². The van der Waals surface area contributed by atoms with Gasteiger partial charge in [-0.2, -0.15) is 5.26 Å². The summed E-state index contributed by atoms with van der Waals surface area (Å²) < 4.78 is 13.0. The van der Waals surface area contributed by atoms with Gasteiger partial charge in [-0.15, -0.1) is 0 Å². The first kappa shape index (κ1) is 14.0. The molecule has 0 aliphatic carbocycles. The maximum absolute atomic E-state index is 13.0. The first-order valence-electron chi connectivity index (χ1n) is 6.55. The Balaban J connectivity index is 1.83. The van der Waals surface area contributed by atoms with E-state index in [0.717, 1.165) is 30.5 Å². The van der Waals surface area contributed by atoms with Gasteiger partial charge in [0.25, 0.3) is 0 Å². The molecule has 0 saturated carbocycles. The highest BCUT2D eigenvalue weighted by Gasteiger charge is 2.01. The van der Waals surface area contributed by atoms with Gasteiger partial charge in [-0.1, -0.05) is 18.2 Å². The smallest absolute Gasteiger partial charge is 0.145 e. The molecule has 0 amide bonds. The number of hydrogen-bond donors (Lipinski definition) is 1. The van der Waals surface area contributed by atoms with E-state index >= 15 is 0 Å². The van der Waals surface area contributed by atoms with Gasteiger partial charge >= 0.3 is 0 Å². The highest BCUT2D eigenvalue weighted by molar-refractivity contribution is 5.42. The van der Waals surface area contributed by atoms with Crippen molar-refractivity contribution >= 4 is 5.82 Å². The van der Waals surface area contributed by atoms with Crippen molar-refractivity contribution in [2.45, 2.75) is 19.8 Å². The number of anilines is 1. The molecule has 1 aromatic carbocycles. The molecular formula is C16H16FN3. The van der Waals surface area contributed by atoms with Crippen LogP contribution in [0.2, 0.25) is 0 Å². The van der Waals surface area contributed by atoms with E-state index in [2.05, 4.69) is 16.4 Å². The molecule has 0 radical (unpaired) electrons. The Labute approximate surface area is 118 Å². The van der Waals surface area contributed by atoms with Crippen molar-refractivity contribution in [1.29, 1.82) is 5.26 Å². The SMILES string of the molecule is Cc1ccc(NCCCc2cccc(F)c2)nc1C#N. The number of aromatic nitrogens is 1. The van der Waals surface area contributed by atoms with Crippen LogP contribution in [0, 0.1) is 24.1 Å². The van der Waals surface area contributed by atoms with Gasteiger partial charge in [-0.05, 0) is 49.1 Å². The van der Waals surface area contributed by atoms with E-state index in [-0.39, 0.29) is 5.82 Å². The first-order valence-corrected chi connectivity index (χ1v) is 6.55. The molecule has 20 heavy (non-hydrogen) atoms. The molecule has 3 nitrogen and oxygen atoms in total. The van der Waals surface area contributed by atoms with E-state index in [0.29, 0.717) is 11.5 Å². The minimum absolute atomic E-state index is 0.200. The van der Waals surface area contributed by atoms with Crippen LogP contribution in [0.1, 0.15) is 23.2 Å². The number of hydrogen-bond acceptors (Lipinski definition) is 3. The standard InChI is InChI=1S/C16H16FN3/c1-12-7-8-16(20-15(12)11-18)19-9-3-5-13-4-2-6-14(17)10-13/h2,4,6-8,10H,3,5,9H2,1H3,(H,19,20). The number of rotatable bonds is 5. The van der Waals surface area contributed by atoms with Gasteiger partial charge < -0.3 is 5.32 Å². The van der Waals surface area contributed by atoms with Crippen LogP contribution in [0.4, 0.5) is 10.2 Å². The average molecular weight is 269 g/mol.